The number of hydrogen-bond donors (Lipinski definition) is 2. The molecule has 1 heterocycles. The van der Waals surface area contributed by atoms with Crippen LogP contribution in [0.25, 0.3) is 0 Å². The fourth-order valence-electron chi connectivity index (χ4n) is 3.81. The number of aliphatic hydroxyl groups is 2. The first-order valence-electron chi connectivity index (χ1n) is 10.5. The van der Waals surface area contributed by atoms with Crippen LogP contribution in [0.5, 0.6) is 0 Å². The number of esters is 1. The van der Waals surface area contributed by atoms with E-state index in [1.54, 1.807) is 6.92 Å². The fourth-order valence-corrected chi connectivity index (χ4v) is 3.81. The first kappa shape index (κ1) is 22.6. The standard InChI is InChI=1S/C21H38O6/c1-6-15(7-2)12-25-20(24)21(5)11-16(21)9-8-13(3)26-19-18(23)10-17(22)14(4)27-19/h13-19,22-23H,6-12H2,1-5H3/t13-,14+,16+,17-,18-,19-,21-/m1/s1. The van der Waals surface area contributed by atoms with Crippen molar-refractivity contribution < 1.29 is 29.2 Å². The Balaban J connectivity index is 1.70. The van der Waals surface area contributed by atoms with Crippen molar-refractivity contribution in [1.29, 1.82) is 0 Å². The molecule has 6 heteroatoms. The molecule has 27 heavy (non-hydrogen) atoms. The number of carbonyl (C=O) groups is 1. The molecule has 0 radical (unpaired) electrons. The maximum Gasteiger partial charge on any atom is 0.312 e. The van der Waals surface area contributed by atoms with Crippen LogP contribution in [0.1, 0.15) is 73.1 Å². The minimum Gasteiger partial charge on any atom is -0.465 e. The van der Waals surface area contributed by atoms with Crippen molar-refractivity contribution in [3.63, 3.8) is 0 Å². The zero-order chi connectivity index (χ0) is 20.2. The highest BCUT2D eigenvalue weighted by molar-refractivity contribution is 5.80. The third-order valence-corrected chi connectivity index (χ3v) is 6.46. The lowest BCUT2D eigenvalue weighted by Gasteiger charge is -2.36. The molecule has 2 aliphatic rings. The highest BCUT2D eigenvalue weighted by Crippen LogP contribution is 2.55. The lowest BCUT2D eigenvalue weighted by atomic mass is 10.0. The van der Waals surface area contributed by atoms with Gasteiger partial charge in [0.25, 0.3) is 0 Å². The van der Waals surface area contributed by atoms with E-state index < -0.39 is 18.5 Å². The van der Waals surface area contributed by atoms with E-state index in [1.165, 1.54) is 0 Å². The van der Waals surface area contributed by atoms with Crippen molar-refractivity contribution in [2.45, 2.75) is 104 Å². The van der Waals surface area contributed by atoms with Crippen LogP contribution in [0, 0.1) is 17.3 Å². The lowest BCUT2D eigenvalue weighted by Crippen LogP contribution is -2.48. The molecule has 158 valence electrons. The molecule has 2 rings (SSSR count). The van der Waals surface area contributed by atoms with Crippen LogP contribution in [-0.4, -0.2) is 53.5 Å². The first-order chi connectivity index (χ1) is 12.7. The second kappa shape index (κ2) is 9.68. The second-order valence-electron chi connectivity index (χ2n) is 8.70. The predicted octanol–water partition coefficient (Wildman–Crippen LogP) is 3.03. The quantitative estimate of drug-likeness (QED) is 0.561. The molecule has 0 amide bonds. The molecule has 1 aliphatic carbocycles. The van der Waals surface area contributed by atoms with Gasteiger partial charge in [-0.1, -0.05) is 26.7 Å². The Labute approximate surface area is 163 Å². The van der Waals surface area contributed by atoms with Crippen LogP contribution in [0.2, 0.25) is 0 Å². The van der Waals surface area contributed by atoms with E-state index in [0.29, 0.717) is 18.4 Å². The molecule has 6 nitrogen and oxygen atoms in total. The molecule has 1 saturated carbocycles. The Kier molecular flexibility index (Phi) is 8.10. The van der Waals surface area contributed by atoms with Crippen LogP contribution < -0.4 is 0 Å². The maximum absolute atomic E-state index is 12.4. The Morgan fingerprint density at radius 3 is 2.56 bits per heavy atom. The third kappa shape index (κ3) is 5.89. The Morgan fingerprint density at radius 2 is 1.93 bits per heavy atom. The molecule has 0 aromatic carbocycles. The van der Waals surface area contributed by atoms with Gasteiger partial charge in [-0.15, -0.1) is 0 Å². The zero-order valence-corrected chi connectivity index (χ0v) is 17.5. The molecule has 0 bridgehead atoms. The smallest absolute Gasteiger partial charge is 0.312 e. The summed E-state index contributed by atoms with van der Waals surface area (Å²) in [5.41, 5.74) is -0.356. The van der Waals surface area contributed by atoms with Gasteiger partial charge in [0.2, 0.25) is 0 Å². The summed E-state index contributed by atoms with van der Waals surface area (Å²) in [5.74, 6) is 0.712. The predicted molar refractivity (Wildman–Crippen MR) is 102 cm³/mol. The molecule has 1 saturated heterocycles. The molecule has 2 N–H and O–H groups in total. The van der Waals surface area contributed by atoms with E-state index in [0.717, 1.165) is 32.1 Å². The van der Waals surface area contributed by atoms with Gasteiger partial charge in [-0.25, -0.2) is 0 Å². The minimum atomic E-state index is -0.815. The van der Waals surface area contributed by atoms with Crippen LogP contribution >= 0.6 is 0 Å². The monoisotopic (exact) mass is 386 g/mol. The van der Waals surface area contributed by atoms with E-state index in [-0.39, 0.29) is 30.0 Å². The van der Waals surface area contributed by atoms with E-state index in [2.05, 4.69) is 13.8 Å². The molecule has 0 spiro atoms. The summed E-state index contributed by atoms with van der Waals surface area (Å²) < 4.78 is 17.0. The zero-order valence-electron chi connectivity index (χ0n) is 17.5. The molecular formula is C21H38O6. The average Bonchev–Trinajstić information content (AvgIpc) is 3.30. The third-order valence-electron chi connectivity index (χ3n) is 6.46. The van der Waals surface area contributed by atoms with Gasteiger partial charge < -0.3 is 24.4 Å². The summed E-state index contributed by atoms with van der Waals surface area (Å²) in [5, 5.41) is 19.7. The molecule has 0 aromatic heterocycles. The number of ether oxygens (including phenoxy) is 3. The maximum atomic E-state index is 12.4. The Morgan fingerprint density at radius 1 is 1.26 bits per heavy atom. The van der Waals surface area contributed by atoms with Gasteiger partial charge in [-0.2, -0.15) is 0 Å². The molecule has 2 fully saturated rings. The van der Waals surface area contributed by atoms with Crippen LogP contribution in [0.4, 0.5) is 0 Å². The van der Waals surface area contributed by atoms with E-state index in [9.17, 15) is 15.0 Å². The van der Waals surface area contributed by atoms with Gasteiger partial charge in [0, 0.05) is 6.42 Å². The van der Waals surface area contributed by atoms with Crippen LogP contribution in [-0.2, 0) is 19.0 Å². The van der Waals surface area contributed by atoms with Gasteiger partial charge in [-0.3, -0.25) is 4.79 Å². The van der Waals surface area contributed by atoms with Crippen molar-refractivity contribution in [2.24, 2.45) is 17.3 Å². The second-order valence-corrected chi connectivity index (χ2v) is 8.70. The van der Waals surface area contributed by atoms with Crippen molar-refractivity contribution in [3.05, 3.63) is 0 Å². The molecular weight excluding hydrogens is 348 g/mol. The highest BCUT2D eigenvalue weighted by Gasteiger charge is 2.56. The van der Waals surface area contributed by atoms with Gasteiger partial charge in [0.1, 0.15) is 6.10 Å². The first-order valence-corrected chi connectivity index (χ1v) is 10.5. The largest absolute Gasteiger partial charge is 0.465 e. The van der Waals surface area contributed by atoms with Gasteiger partial charge >= 0.3 is 5.97 Å². The molecule has 0 aromatic rings. The topological polar surface area (TPSA) is 85.2 Å². The molecule has 0 unspecified atom stereocenters. The van der Waals surface area contributed by atoms with Crippen molar-refractivity contribution in [3.8, 4) is 0 Å². The van der Waals surface area contributed by atoms with Crippen LogP contribution in [0.15, 0.2) is 0 Å². The molecule has 7 atom stereocenters. The van der Waals surface area contributed by atoms with Crippen molar-refractivity contribution in [2.75, 3.05) is 6.61 Å². The summed E-state index contributed by atoms with van der Waals surface area (Å²) in [7, 11) is 0. The average molecular weight is 387 g/mol. The number of hydrogen-bond acceptors (Lipinski definition) is 6. The van der Waals surface area contributed by atoms with E-state index in [4.69, 9.17) is 14.2 Å². The van der Waals surface area contributed by atoms with E-state index in [1.807, 2.05) is 13.8 Å². The summed E-state index contributed by atoms with van der Waals surface area (Å²) in [6.45, 7) is 10.5. The van der Waals surface area contributed by atoms with Gasteiger partial charge in [0.05, 0.1) is 30.3 Å². The molecule has 1 aliphatic heterocycles. The van der Waals surface area contributed by atoms with Crippen molar-refractivity contribution >= 4 is 5.97 Å². The normalized spacial score (nSPS) is 37.3. The van der Waals surface area contributed by atoms with Gasteiger partial charge in [0.15, 0.2) is 6.29 Å². The number of rotatable bonds is 10. The van der Waals surface area contributed by atoms with E-state index >= 15 is 0 Å². The lowest BCUT2D eigenvalue weighted by molar-refractivity contribution is -0.273. The van der Waals surface area contributed by atoms with Crippen molar-refractivity contribution in [1.82, 2.24) is 0 Å². The number of carbonyl (C=O) groups excluding carboxylic acids is 1. The summed E-state index contributed by atoms with van der Waals surface area (Å²) in [6.07, 6.45) is 2.27. The highest BCUT2D eigenvalue weighted by atomic mass is 16.7. The summed E-state index contributed by atoms with van der Waals surface area (Å²) in [6, 6.07) is 0. The minimum absolute atomic E-state index is 0.0678. The summed E-state index contributed by atoms with van der Waals surface area (Å²) in [4.78, 5) is 12.4. The SMILES string of the molecule is CCC(CC)COC(=O)[C@]1(C)C[C@@H]1CC[C@@H](C)O[C@@H]1O[C@@H](C)[C@H](O)C[C@H]1O. The Bertz CT molecular complexity index is 479. The number of aliphatic hydroxyl groups excluding tert-OH is 2. The van der Waals surface area contributed by atoms with Gasteiger partial charge in [-0.05, 0) is 51.9 Å². The van der Waals surface area contributed by atoms with Crippen LogP contribution in [0.3, 0.4) is 0 Å². The Hall–Kier alpha value is -0.690. The fraction of sp³-hybridized carbons (Fsp3) is 0.952. The summed E-state index contributed by atoms with van der Waals surface area (Å²) >= 11 is 0.